The van der Waals surface area contributed by atoms with E-state index in [1.807, 2.05) is 23.1 Å². The van der Waals surface area contributed by atoms with E-state index in [4.69, 9.17) is 21.1 Å². The average Bonchev–Trinajstić information content (AvgIpc) is 2.55. The van der Waals surface area contributed by atoms with Gasteiger partial charge in [0, 0.05) is 37.7 Å². The summed E-state index contributed by atoms with van der Waals surface area (Å²) in [4.78, 5) is 16.6. The largest absolute Gasteiger partial charge is 0.378 e. The van der Waals surface area contributed by atoms with Gasteiger partial charge in [0.2, 0.25) is 0 Å². The molecule has 120 valence electrons. The van der Waals surface area contributed by atoms with E-state index in [-0.39, 0.29) is 12.0 Å². The molecule has 1 aromatic carbocycles. The van der Waals surface area contributed by atoms with Crippen LogP contribution in [-0.2, 0) is 20.8 Å². The number of halogens is 1. The molecule has 6 heteroatoms. The maximum Gasteiger partial charge on any atom is 0.253 e. The Labute approximate surface area is 135 Å². The number of hydrogen-bond donors (Lipinski definition) is 0. The van der Waals surface area contributed by atoms with Crippen LogP contribution in [0, 0.1) is 0 Å². The minimum atomic E-state index is -0.369. The predicted molar refractivity (Wildman–Crippen MR) is 83.9 cm³/mol. The van der Waals surface area contributed by atoms with Crippen molar-refractivity contribution in [3.05, 3.63) is 34.9 Å². The van der Waals surface area contributed by atoms with E-state index in [0.717, 1.165) is 23.7 Å². The van der Waals surface area contributed by atoms with Gasteiger partial charge in [-0.25, -0.2) is 0 Å². The Morgan fingerprint density at radius 2 is 2.05 bits per heavy atom. The topological polar surface area (TPSA) is 42.0 Å². The summed E-state index contributed by atoms with van der Waals surface area (Å²) in [6, 6.07) is 7.85. The fourth-order valence-corrected chi connectivity index (χ4v) is 3.09. The minimum Gasteiger partial charge on any atom is -0.378 e. The van der Waals surface area contributed by atoms with Crippen LogP contribution in [0.2, 0.25) is 5.02 Å². The van der Waals surface area contributed by atoms with E-state index in [1.54, 1.807) is 0 Å². The Morgan fingerprint density at radius 1 is 1.23 bits per heavy atom. The van der Waals surface area contributed by atoms with Gasteiger partial charge in [0.25, 0.3) is 5.91 Å². The zero-order valence-electron chi connectivity index (χ0n) is 12.5. The first kappa shape index (κ1) is 15.7. The molecule has 0 N–H and O–H groups in total. The highest BCUT2D eigenvalue weighted by atomic mass is 35.5. The SMILES string of the molecule is O=C(C1CN(Cc2cccc(Cl)c2)CCO1)N1CCOCC1. The number of hydrogen-bond acceptors (Lipinski definition) is 4. The van der Waals surface area contributed by atoms with Crippen molar-refractivity contribution in [2.45, 2.75) is 12.6 Å². The van der Waals surface area contributed by atoms with E-state index in [1.165, 1.54) is 0 Å². The molecule has 0 saturated carbocycles. The number of amides is 1. The number of nitrogens with zero attached hydrogens (tertiary/aromatic N) is 2. The Hall–Kier alpha value is -1.14. The third kappa shape index (κ3) is 3.98. The predicted octanol–water partition coefficient (Wildman–Crippen LogP) is 1.40. The van der Waals surface area contributed by atoms with Gasteiger partial charge >= 0.3 is 0 Å². The third-order valence-electron chi connectivity index (χ3n) is 4.04. The molecule has 2 aliphatic rings. The fraction of sp³-hybridized carbons (Fsp3) is 0.562. The second-order valence-corrected chi connectivity index (χ2v) is 6.10. The normalized spacial score (nSPS) is 23.5. The molecule has 2 aliphatic heterocycles. The molecular weight excluding hydrogens is 304 g/mol. The number of rotatable bonds is 3. The van der Waals surface area contributed by atoms with Crippen molar-refractivity contribution < 1.29 is 14.3 Å². The molecule has 0 radical (unpaired) electrons. The van der Waals surface area contributed by atoms with E-state index >= 15 is 0 Å². The summed E-state index contributed by atoms with van der Waals surface area (Å²) in [5.41, 5.74) is 1.16. The Kier molecular flexibility index (Phi) is 5.31. The van der Waals surface area contributed by atoms with E-state index < -0.39 is 0 Å². The zero-order chi connectivity index (χ0) is 15.4. The lowest BCUT2D eigenvalue weighted by atomic mass is 10.1. The maximum atomic E-state index is 12.5. The van der Waals surface area contributed by atoms with Crippen LogP contribution >= 0.6 is 11.6 Å². The van der Waals surface area contributed by atoms with Crippen molar-refractivity contribution in [3.63, 3.8) is 0 Å². The Morgan fingerprint density at radius 3 is 2.82 bits per heavy atom. The molecule has 0 bridgehead atoms. The molecule has 1 atom stereocenters. The Balaban J connectivity index is 1.57. The molecule has 5 nitrogen and oxygen atoms in total. The van der Waals surface area contributed by atoms with Crippen LogP contribution in [0.1, 0.15) is 5.56 Å². The molecule has 2 heterocycles. The number of ether oxygens (including phenoxy) is 2. The number of carbonyl (C=O) groups excluding carboxylic acids is 1. The lowest BCUT2D eigenvalue weighted by molar-refractivity contribution is -0.153. The summed E-state index contributed by atoms with van der Waals surface area (Å²) in [5.74, 6) is 0.0825. The van der Waals surface area contributed by atoms with Crippen LogP contribution in [-0.4, -0.2) is 67.8 Å². The summed E-state index contributed by atoms with van der Waals surface area (Å²) in [7, 11) is 0. The maximum absolute atomic E-state index is 12.5. The van der Waals surface area contributed by atoms with Crippen LogP contribution in [0.4, 0.5) is 0 Å². The van der Waals surface area contributed by atoms with Crippen molar-refractivity contribution >= 4 is 17.5 Å². The smallest absolute Gasteiger partial charge is 0.253 e. The van der Waals surface area contributed by atoms with Crippen molar-refractivity contribution in [1.82, 2.24) is 9.80 Å². The van der Waals surface area contributed by atoms with E-state index in [0.29, 0.717) is 39.5 Å². The fourth-order valence-electron chi connectivity index (χ4n) is 2.88. The van der Waals surface area contributed by atoms with Crippen LogP contribution in [0.25, 0.3) is 0 Å². The molecule has 0 aliphatic carbocycles. The molecular formula is C16H21ClN2O3. The summed E-state index contributed by atoms with van der Waals surface area (Å²) < 4.78 is 11.0. The Bertz CT molecular complexity index is 520. The molecule has 22 heavy (non-hydrogen) atoms. The lowest BCUT2D eigenvalue weighted by Gasteiger charge is -2.36. The van der Waals surface area contributed by atoms with Crippen molar-refractivity contribution in [2.75, 3.05) is 46.0 Å². The van der Waals surface area contributed by atoms with Gasteiger partial charge in [-0.05, 0) is 17.7 Å². The minimum absolute atomic E-state index is 0.0825. The standard InChI is InChI=1S/C16H21ClN2O3/c17-14-3-1-2-13(10-14)11-18-4-9-22-15(12-18)16(20)19-5-7-21-8-6-19/h1-3,10,15H,4-9,11-12H2. The van der Waals surface area contributed by atoms with Gasteiger partial charge in [0.15, 0.2) is 0 Å². The van der Waals surface area contributed by atoms with Gasteiger partial charge < -0.3 is 14.4 Å². The number of benzene rings is 1. The highest BCUT2D eigenvalue weighted by molar-refractivity contribution is 6.30. The second-order valence-electron chi connectivity index (χ2n) is 5.66. The number of carbonyl (C=O) groups is 1. The van der Waals surface area contributed by atoms with Crippen LogP contribution in [0.3, 0.4) is 0 Å². The van der Waals surface area contributed by atoms with Gasteiger partial charge in [-0.3, -0.25) is 9.69 Å². The summed E-state index contributed by atoms with van der Waals surface area (Å²) in [6.45, 7) is 5.38. The van der Waals surface area contributed by atoms with Gasteiger partial charge in [0.1, 0.15) is 6.10 Å². The summed E-state index contributed by atoms with van der Waals surface area (Å²) in [6.07, 6.45) is -0.369. The molecule has 1 unspecified atom stereocenters. The third-order valence-corrected chi connectivity index (χ3v) is 4.28. The molecule has 2 saturated heterocycles. The first-order valence-corrected chi connectivity index (χ1v) is 8.05. The lowest BCUT2D eigenvalue weighted by Crippen LogP contribution is -2.53. The molecule has 1 amide bonds. The van der Waals surface area contributed by atoms with Crippen molar-refractivity contribution in [1.29, 1.82) is 0 Å². The van der Waals surface area contributed by atoms with Gasteiger partial charge in [0.05, 0.1) is 19.8 Å². The van der Waals surface area contributed by atoms with Gasteiger partial charge in [-0.15, -0.1) is 0 Å². The summed E-state index contributed by atoms with van der Waals surface area (Å²) in [5, 5.41) is 0.742. The molecule has 2 fully saturated rings. The highest BCUT2D eigenvalue weighted by Crippen LogP contribution is 2.16. The van der Waals surface area contributed by atoms with Crippen LogP contribution in [0.15, 0.2) is 24.3 Å². The first-order valence-electron chi connectivity index (χ1n) is 7.67. The number of morpholine rings is 2. The highest BCUT2D eigenvalue weighted by Gasteiger charge is 2.30. The van der Waals surface area contributed by atoms with E-state index in [2.05, 4.69) is 11.0 Å². The molecule has 0 aromatic heterocycles. The molecule has 0 spiro atoms. The van der Waals surface area contributed by atoms with Crippen LogP contribution in [0.5, 0.6) is 0 Å². The quantitative estimate of drug-likeness (QED) is 0.843. The molecule has 3 rings (SSSR count). The van der Waals surface area contributed by atoms with E-state index in [9.17, 15) is 4.79 Å². The molecule has 1 aromatic rings. The first-order chi connectivity index (χ1) is 10.7. The van der Waals surface area contributed by atoms with Gasteiger partial charge in [-0.1, -0.05) is 23.7 Å². The monoisotopic (exact) mass is 324 g/mol. The van der Waals surface area contributed by atoms with Gasteiger partial charge in [-0.2, -0.15) is 0 Å². The van der Waals surface area contributed by atoms with Crippen molar-refractivity contribution in [3.8, 4) is 0 Å². The second kappa shape index (κ2) is 7.42. The van der Waals surface area contributed by atoms with Crippen LogP contribution < -0.4 is 0 Å². The average molecular weight is 325 g/mol. The summed E-state index contributed by atoms with van der Waals surface area (Å²) >= 11 is 6.03. The zero-order valence-corrected chi connectivity index (χ0v) is 13.3. The van der Waals surface area contributed by atoms with Crippen molar-refractivity contribution in [2.24, 2.45) is 0 Å².